The van der Waals surface area contributed by atoms with Gasteiger partial charge in [0.15, 0.2) is 5.76 Å². The maximum absolute atomic E-state index is 6.01. The van der Waals surface area contributed by atoms with Gasteiger partial charge in [0.2, 0.25) is 5.89 Å². The minimum atomic E-state index is 0.687. The van der Waals surface area contributed by atoms with Gasteiger partial charge in [-0.1, -0.05) is 60.7 Å². The second-order valence-corrected chi connectivity index (χ2v) is 5.26. The number of hydrogen-bond acceptors (Lipinski definition) is 3. The fourth-order valence-corrected chi connectivity index (χ4v) is 2.28. The van der Waals surface area contributed by atoms with Crippen LogP contribution in [-0.4, -0.2) is 24.0 Å². The maximum Gasteiger partial charge on any atom is 0.209 e. The van der Waals surface area contributed by atoms with Crippen molar-refractivity contribution in [3.8, 4) is 22.6 Å². The van der Waals surface area contributed by atoms with Crippen molar-refractivity contribution in [3.63, 3.8) is 0 Å². The molecule has 0 saturated carbocycles. The molecule has 0 unspecified atom stereocenters. The van der Waals surface area contributed by atoms with Crippen LogP contribution in [0.15, 0.2) is 65.1 Å². The predicted molar refractivity (Wildman–Crippen MR) is 84.8 cm³/mol. The molecule has 0 saturated heterocycles. The van der Waals surface area contributed by atoms with Crippen molar-refractivity contribution in [2.24, 2.45) is 0 Å². The topological polar surface area (TPSA) is 29.3 Å². The summed E-state index contributed by atoms with van der Waals surface area (Å²) in [5, 5.41) is 0. The van der Waals surface area contributed by atoms with Crippen molar-refractivity contribution in [3.05, 3.63) is 66.6 Å². The molecule has 3 rings (SSSR count). The summed E-state index contributed by atoms with van der Waals surface area (Å²) >= 11 is 0. The molecule has 0 N–H and O–H groups in total. The third-order valence-corrected chi connectivity index (χ3v) is 3.21. The molecule has 0 amide bonds. The fourth-order valence-electron chi connectivity index (χ4n) is 2.28. The molecule has 0 atom stereocenters. The Balaban J connectivity index is 2.11. The first-order valence-corrected chi connectivity index (χ1v) is 6.99. The lowest BCUT2D eigenvalue weighted by molar-refractivity contribution is 0.344. The number of oxazole rings is 1. The first-order chi connectivity index (χ1) is 10.2. The SMILES string of the molecule is CN(C)Cc1nc(-c2ccccc2)c(-c2ccccc2)o1. The van der Waals surface area contributed by atoms with Gasteiger partial charge >= 0.3 is 0 Å². The van der Waals surface area contributed by atoms with E-state index in [1.54, 1.807) is 0 Å². The minimum absolute atomic E-state index is 0.687. The zero-order valence-electron chi connectivity index (χ0n) is 12.3. The number of rotatable bonds is 4. The Morgan fingerprint density at radius 2 is 1.43 bits per heavy atom. The van der Waals surface area contributed by atoms with Crippen LogP contribution in [0.4, 0.5) is 0 Å². The molecule has 1 heterocycles. The van der Waals surface area contributed by atoms with E-state index in [4.69, 9.17) is 4.42 Å². The summed E-state index contributed by atoms with van der Waals surface area (Å²) in [5.74, 6) is 1.57. The number of benzene rings is 2. The summed E-state index contributed by atoms with van der Waals surface area (Å²) in [6, 6.07) is 20.3. The first-order valence-electron chi connectivity index (χ1n) is 6.99. The molecule has 0 aliphatic heterocycles. The number of nitrogens with zero attached hydrogens (tertiary/aromatic N) is 2. The van der Waals surface area contributed by atoms with E-state index in [2.05, 4.69) is 22.0 Å². The average Bonchev–Trinajstić information content (AvgIpc) is 2.92. The molecule has 0 spiro atoms. The predicted octanol–water partition coefficient (Wildman–Crippen LogP) is 4.07. The Morgan fingerprint density at radius 3 is 2.00 bits per heavy atom. The average molecular weight is 278 g/mol. The van der Waals surface area contributed by atoms with Gasteiger partial charge in [-0.2, -0.15) is 0 Å². The second kappa shape index (κ2) is 5.94. The Labute approximate surface area is 124 Å². The van der Waals surface area contributed by atoms with Crippen LogP contribution in [0.2, 0.25) is 0 Å². The first kappa shape index (κ1) is 13.6. The van der Waals surface area contributed by atoms with Crippen molar-refractivity contribution in [2.45, 2.75) is 6.54 Å². The Bertz CT molecular complexity index is 646. The molecule has 0 fully saturated rings. The van der Waals surface area contributed by atoms with E-state index in [9.17, 15) is 0 Å². The summed E-state index contributed by atoms with van der Waals surface area (Å²) < 4.78 is 6.01. The van der Waals surface area contributed by atoms with E-state index < -0.39 is 0 Å². The second-order valence-electron chi connectivity index (χ2n) is 5.26. The summed E-state index contributed by atoms with van der Waals surface area (Å²) in [6.45, 7) is 0.687. The molecular weight excluding hydrogens is 260 g/mol. The molecule has 0 aliphatic rings. The standard InChI is InChI=1S/C18H18N2O/c1-20(2)13-16-19-17(14-9-5-3-6-10-14)18(21-16)15-11-7-4-8-12-15/h3-12H,13H2,1-2H3. The highest BCUT2D eigenvalue weighted by atomic mass is 16.4. The van der Waals surface area contributed by atoms with Gasteiger partial charge in [-0.15, -0.1) is 0 Å². The van der Waals surface area contributed by atoms with Crippen LogP contribution in [0.25, 0.3) is 22.6 Å². The molecule has 106 valence electrons. The van der Waals surface area contributed by atoms with Gasteiger partial charge in [0.05, 0.1) is 6.54 Å². The van der Waals surface area contributed by atoms with Crippen LogP contribution >= 0.6 is 0 Å². The summed E-state index contributed by atoms with van der Waals surface area (Å²) in [7, 11) is 4.02. The Kier molecular flexibility index (Phi) is 3.84. The molecule has 3 aromatic rings. The quantitative estimate of drug-likeness (QED) is 0.720. The van der Waals surface area contributed by atoms with Crippen LogP contribution in [0.1, 0.15) is 5.89 Å². The van der Waals surface area contributed by atoms with Gasteiger partial charge in [0.25, 0.3) is 0 Å². The molecule has 21 heavy (non-hydrogen) atoms. The zero-order valence-corrected chi connectivity index (χ0v) is 12.3. The minimum Gasteiger partial charge on any atom is -0.439 e. The molecule has 3 nitrogen and oxygen atoms in total. The van der Waals surface area contributed by atoms with Crippen molar-refractivity contribution >= 4 is 0 Å². The summed E-state index contributed by atoms with van der Waals surface area (Å²) in [4.78, 5) is 6.74. The molecule has 0 aliphatic carbocycles. The van der Waals surface area contributed by atoms with Gasteiger partial charge in [-0.3, -0.25) is 0 Å². The molecule has 0 radical (unpaired) electrons. The fraction of sp³-hybridized carbons (Fsp3) is 0.167. The molecule has 0 bridgehead atoms. The van der Waals surface area contributed by atoms with Gasteiger partial charge in [-0.25, -0.2) is 4.98 Å². The monoisotopic (exact) mass is 278 g/mol. The maximum atomic E-state index is 6.01. The highest BCUT2D eigenvalue weighted by molar-refractivity contribution is 5.76. The van der Waals surface area contributed by atoms with Crippen molar-refractivity contribution < 1.29 is 4.42 Å². The van der Waals surface area contributed by atoms with Crippen LogP contribution in [0, 0.1) is 0 Å². The molecule has 3 heteroatoms. The summed E-state index contributed by atoms with van der Waals surface area (Å²) in [6.07, 6.45) is 0. The smallest absolute Gasteiger partial charge is 0.209 e. The van der Waals surface area contributed by atoms with Gasteiger partial charge in [-0.05, 0) is 14.1 Å². The number of aromatic nitrogens is 1. The van der Waals surface area contributed by atoms with E-state index in [-0.39, 0.29) is 0 Å². The van der Waals surface area contributed by atoms with Crippen LogP contribution in [0.5, 0.6) is 0 Å². The van der Waals surface area contributed by atoms with Crippen LogP contribution < -0.4 is 0 Å². The van der Waals surface area contributed by atoms with E-state index in [1.807, 2.05) is 62.6 Å². The van der Waals surface area contributed by atoms with Crippen molar-refractivity contribution in [2.75, 3.05) is 14.1 Å². The highest BCUT2D eigenvalue weighted by Crippen LogP contribution is 2.32. The Hall–Kier alpha value is -2.39. The molecular formula is C18H18N2O. The molecule has 2 aromatic carbocycles. The summed E-state index contributed by atoms with van der Waals surface area (Å²) in [5.41, 5.74) is 3.03. The van der Waals surface area contributed by atoms with E-state index in [0.29, 0.717) is 6.54 Å². The van der Waals surface area contributed by atoms with Gasteiger partial charge in [0, 0.05) is 11.1 Å². The van der Waals surface area contributed by atoms with E-state index in [1.165, 1.54) is 0 Å². The molecule has 1 aromatic heterocycles. The van der Waals surface area contributed by atoms with E-state index in [0.717, 1.165) is 28.5 Å². The van der Waals surface area contributed by atoms with Crippen molar-refractivity contribution in [1.29, 1.82) is 0 Å². The lowest BCUT2D eigenvalue weighted by Crippen LogP contribution is -2.10. The third kappa shape index (κ3) is 3.03. The normalized spacial score (nSPS) is 11.0. The third-order valence-electron chi connectivity index (χ3n) is 3.21. The largest absolute Gasteiger partial charge is 0.439 e. The van der Waals surface area contributed by atoms with Gasteiger partial charge in [0.1, 0.15) is 5.69 Å². The highest BCUT2D eigenvalue weighted by Gasteiger charge is 2.16. The van der Waals surface area contributed by atoms with Crippen molar-refractivity contribution in [1.82, 2.24) is 9.88 Å². The lowest BCUT2D eigenvalue weighted by Gasteiger charge is -2.04. The van der Waals surface area contributed by atoms with Crippen LogP contribution in [0.3, 0.4) is 0 Å². The lowest BCUT2D eigenvalue weighted by atomic mass is 10.1. The van der Waals surface area contributed by atoms with Crippen LogP contribution in [-0.2, 0) is 6.54 Å². The van der Waals surface area contributed by atoms with Gasteiger partial charge < -0.3 is 9.32 Å². The Morgan fingerprint density at radius 1 is 0.857 bits per heavy atom. The van der Waals surface area contributed by atoms with E-state index >= 15 is 0 Å². The zero-order chi connectivity index (χ0) is 14.7. The number of hydrogen-bond donors (Lipinski definition) is 0.